The number of carbonyl (C=O) groups is 2. The van der Waals surface area contributed by atoms with E-state index in [4.69, 9.17) is 11.6 Å². The highest BCUT2D eigenvalue weighted by Crippen LogP contribution is 2.24. The van der Waals surface area contributed by atoms with Crippen molar-refractivity contribution in [2.75, 3.05) is 18.0 Å². The molecule has 1 aliphatic rings. The van der Waals surface area contributed by atoms with E-state index in [1.54, 1.807) is 41.0 Å². The molecule has 5 heteroatoms. The molecule has 4 nitrogen and oxygen atoms in total. The smallest absolute Gasteiger partial charge is 0.254 e. The summed E-state index contributed by atoms with van der Waals surface area (Å²) in [5.74, 6) is 0.220. The van der Waals surface area contributed by atoms with Crippen LogP contribution in [0, 0.1) is 0 Å². The Kier molecular flexibility index (Phi) is 5.33. The lowest BCUT2D eigenvalue weighted by Gasteiger charge is -2.39. The van der Waals surface area contributed by atoms with Crippen molar-refractivity contribution < 1.29 is 9.59 Å². The zero-order valence-electron chi connectivity index (χ0n) is 15.3. The maximum Gasteiger partial charge on any atom is 0.254 e. The number of benzene rings is 2. The molecule has 136 valence electrons. The van der Waals surface area contributed by atoms with Crippen LogP contribution in [0.3, 0.4) is 0 Å². The van der Waals surface area contributed by atoms with E-state index < -0.39 is 6.04 Å². The molecule has 2 aromatic rings. The van der Waals surface area contributed by atoms with Crippen molar-refractivity contribution >= 4 is 29.1 Å². The van der Waals surface area contributed by atoms with Gasteiger partial charge in [0.25, 0.3) is 5.91 Å². The summed E-state index contributed by atoms with van der Waals surface area (Å²) in [5.41, 5.74) is 2.62. The second-order valence-electron chi connectivity index (χ2n) is 6.92. The Morgan fingerprint density at radius 1 is 1.12 bits per heavy atom. The second kappa shape index (κ2) is 7.50. The van der Waals surface area contributed by atoms with Gasteiger partial charge in [-0.3, -0.25) is 9.59 Å². The van der Waals surface area contributed by atoms with Gasteiger partial charge in [-0.1, -0.05) is 43.6 Å². The minimum absolute atomic E-state index is 0.0658. The number of carbonyl (C=O) groups excluding carboxylic acids is 2. The van der Waals surface area contributed by atoms with E-state index in [2.05, 4.69) is 26.0 Å². The first-order valence-electron chi connectivity index (χ1n) is 8.86. The average Bonchev–Trinajstić information content (AvgIpc) is 2.63. The van der Waals surface area contributed by atoms with Crippen molar-refractivity contribution in [3.05, 3.63) is 64.7 Å². The lowest BCUT2D eigenvalue weighted by atomic mass is 10.0. The van der Waals surface area contributed by atoms with E-state index in [1.807, 2.05) is 12.1 Å². The number of hydrogen-bond acceptors (Lipinski definition) is 2. The number of hydrogen-bond donors (Lipinski definition) is 0. The average molecular weight is 371 g/mol. The summed E-state index contributed by atoms with van der Waals surface area (Å²) < 4.78 is 0. The highest BCUT2D eigenvalue weighted by molar-refractivity contribution is 6.31. The summed E-state index contributed by atoms with van der Waals surface area (Å²) in [6, 6.07) is 14.4. The molecular weight excluding hydrogens is 348 g/mol. The minimum Gasteiger partial charge on any atom is -0.325 e. The molecule has 0 saturated carbocycles. The summed E-state index contributed by atoms with van der Waals surface area (Å²) in [6.07, 6.45) is 0. The van der Waals surface area contributed by atoms with E-state index in [0.717, 1.165) is 5.69 Å². The molecule has 0 aliphatic carbocycles. The molecule has 0 unspecified atom stereocenters. The van der Waals surface area contributed by atoms with Crippen molar-refractivity contribution in [1.29, 1.82) is 0 Å². The second-order valence-corrected chi connectivity index (χ2v) is 7.36. The van der Waals surface area contributed by atoms with Crippen molar-refractivity contribution in [2.24, 2.45) is 0 Å². The monoisotopic (exact) mass is 370 g/mol. The van der Waals surface area contributed by atoms with E-state index in [-0.39, 0.29) is 11.8 Å². The van der Waals surface area contributed by atoms with Gasteiger partial charge in [-0.05, 0) is 48.7 Å². The molecule has 1 aliphatic heterocycles. The SMILES string of the molecule is CC(C)c1ccc(N2CCN(C(=O)c3cccc(Cl)c3)[C@H](C)C2=O)cc1. The molecule has 0 spiro atoms. The quantitative estimate of drug-likeness (QED) is 0.806. The van der Waals surface area contributed by atoms with Crippen LogP contribution in [0.25, 0.3) is 0 Å². The van der Waals surface area contributed by atoms with Crippen LogP contribution in [0.4, 0.5) is 5.69 Å². The first-order chi connectivity index (χ1) is 12.4. The van der Waals surface area contributed by atoms with Gasteiger partial charge in [0.1, 0.15) is 6.04 Å². The highest BCUT2D eigenvalue weighted by atomic mass is 35.5. The van der Waals surface area contributed by atoms with Crippen LogP contribution in [0.1, 0.15) is 42.6 Å². The van der Waals surface area contributed by atoms with Gasteiger partial charge in [-0.2, -0.15) is 0 Å². The summed E-state index contributed by atoms with van der Waals surface area (Å²) in [7, 11) is 0. The molecule has 2 amide bonds. The Morgan fingerprint density at radius 3 is 2.42 bits per heavy atom. The van der Waals surface area contributed by atoms with Gasteiger partial charge >= 0.3 is 0 Å². The van der Waals surface area contributed by atoms with Crippen LogP contribution in [0.15, 0.2) is 48.5 Å². The molecule has 1 heterocycles. The van der Waals surface area contributed by atoms with Crippen LogP contribution in [0.2, 0.25) is 5.02 Å². The van der Waals surface area contributed by atoms with Gasteiger partial charge in [0, 0.05) is 29.4 Å². The normalized spacial score (nSPS) is 17.7. The summed E-state index contributed by atoms with van der Waals surface area (Å²) >= 11 is 5.99. The number of piperazine rings is 1. The van der Waals surface area contributed by atoms with Crippen LogP contribution in [-0.4, -0.2) is 35.8 Å². The van der Waals surface area contributed by atoms with E-state index in [1.165, 1.54) is 5.56 Å². The largest absolute Gasteiger partial charge is 0.325 e. The fourth-order valence-electron chi connectivity index (χ4n) is 3.23. The van der Waals surface area contributed by atoms with Crippen LogP contribution in [0.5, 0.6) is 0 Å². The standard InChI is InChI=1S/C21H23ClN2O2/c1-14(2)16-7-9-19(10-8-16)24-12-11-23(15(3)20(24)25)21(26)17-5-4-6-18(22)13-17/h4-10,13-15H,11-12H2,1-3H3/t15-/m1/s1. The Hall–Kier alpha value is -2.33. The molecule has 2 aromatic carbocycles. The van der Waals surface area contributed by atoms with Crippen LogP contribution >= 0.6 is 11.6 Å². The molecule has 1 saturated heterocycles. The van der Waals surface area contributed by atoms with E-state index in [9.17, 15) is 9.59 Å². The summed E-state index contributed by atoms with van der Waals surface area (Å²) in [6.45, 7) is 7.03. The maximum atomic E-state index is 12.9. The lowest BCUT2D eigenvalue weighted by Crippen LogP contribution is -2.57. The van der Waals surface area contributed by atoms with Crippen molar-refractivity contribution in [1.82, 2.24) is 4.90 Å². The number of rotatable bonds is 3. The Morgan fingerprint density at radius 2 is 1.81 bits per heavy atom. The van der Waals surface area contributed by atoms with Gasteiger partial charge in [0.05, 0.1) is 0 Å². The molecule has 1 atom stereocenters. The van der Waals surface area contributed by atoms with E-state index in [0.29, 0.717) is 29.6 Å². The molecular formula is C21H23ClN2O2. The number of anilines is 1. The molecule has 3 rings (SSSR count). The first-order valence-corrected chi connectivity index (χ1v) is 9.24. The zero-order valence-corrected chi connectivity index (χ0v) is 16.0. The minimum atomic E-state index is -0.514. The van der Waals surface area contributed by atoms with Crippen molar-refractivity contribution in [3.8, 4) is 0 Å². The topological polar surface area (TPSA) is 40.6 Å². The van der Waals surface area contributed by atoms with Gasteiger partial charge in [0.15, 0.2) is 0 Å². The fraction of sp³-hybridized carbons (Fsp3) is 0.333. The van der Waals surface area contributed by atoms with Gasteiger partial charge < -0.3 is 9.80 Å². The Labute approximate surface area is 159 Å². The van der Waals surface area contributed by atoms with Gasteiger partial charge in [-0.15, -0.1) is 0 Å². The molecule has 0 aromatic heterocycles. The third-order valence-electron chi connectivity index (χ3n) is 4.86. The Bertz CT molecular complexity index is 817. The summed E-state index contributed by atoms with van der Waals surface area (Å²) in [4.78, 5) is 29.0. The maximum absolute atomic E-state index is 12.9. The fourth-order valence-corrected chi connectivity index (χ4v) is 3.42. The predicted octanol–water partition coefficient (Wildman–Crippen LogP) is 4.34. The van der Waals surface area contributed by atoms with Crippen LogP contribution in [-0.2, 0) is 4.79 Å². The zero-order chi connectivity index (χ0) is 18.8. The molecule has 0 N–H and O–H groups in total. The number of nitrogens with zero attached hydrogens (tertiary/aromatic N) is 2. The Balaban J connectivity index is 1.77. The third kappa shape index (κ3) is 3.61. The first kappa shape index (κ1) is 18.5. The van der Waals surface area contributed by atoms with Crippen LogP contribution < -0.4 is 4.90 Å². The lowest BCUT2D eigenvalue weighted by molar-refractivity contribution is -0.124. The summed E-state index contributed by atoms with van der Waals surface area (Å²) in [5, 5.41) is 0.513. The molecule has 1 fully saturated rings. The molecule has 0 bridgehead atoms. The number of halogens is 1. The third-order valence-corrected chi connectivity index (χ3v) is 5.09. The van der Waals surface area contributed by atoms with Crippen molar-refractivity contribution in [3.63, 3.8) is 0 Å². The van der Waals surface area contributed by atoms with Gasteiger partial charge in [0.2, 0.25) is 5.91 Å². The molecule has 0 radical (unpaired) electrons. The van der Waals surface area contributed by atoms with Crippen molar-refractivity contribution in [2.45, 2.75) is 32.7 Å². The molecule has 26 heavy (non-hydrogen) atoms. The highest BCUT2D eigenvalue weighted by Gasteiger charge is 2.35. The number of amides is 2. The van der Waals surface area contributed by atoms with E-state index >= 15 is 0 Å². The predicted molar refractivity (Wildman–Crippen MR) is 105 cm³/mol. The van der Waals surface area contributed by atoms with Gasteiger partial charge in [-0.25, -0.2) is 0 Å².